The molecule has 2 rings (SSSR count). The predicted molar refractivity (Wildman–Crippen MR) is 95.3 cm³/mol. The number of aliphatic hydroxyl groups is 1. The number of allylic oxidation sites excluding steroid dienone is 3. The zero-order chi connectivity index (χ0) is 18.4. The molecule has 25 heavy (non-hydrogen) atoms. The van der Waals surface area contributed by atoms with Gasteiger partial charge < -0.3 is 19.3 Å². The molecule has 0 saturated heterocycles. The number of hydrogen-bond acceptors (Lipinski definition) is 7. The topological polar surface area (TPSA) is 82.1 Å². The quantitative estimate of drug-likeness (QED) is 0.273. The van der Waals surface area contributed by atoms with E-state index in [1.165, 1.54) is 17.8 Å². The van der Waals surface area contributed by atoms with Crippen LogP contribution in [-0.4, -0.2) is 42.4 Å². The average Bonchev–Trinajstić information content (AvgIpc) is 2.61. The molecule has 1 aromatic carbocycles. The Balaban J connectivity index is 2.22. The predicted octanol–water partition coefficient (Wildman–Crippen LogP) is 3.28. The fourth-order valence-corrected chi connectivity index (χ4v) is 2.63. The smallest absolute Gasteiger partial charge is 0.373 e. The zero-order valence-electron chi connectivity index (χ0n) is 14.3. The summed E-state index contributed by atoms with van der Waals surface area (Å²) in [5.41, 5.74) is 0.432. The number of rotatable bonds is 6. The molecular weight excluding hydrogens is 344 g/mol. The van der Waals surface area contributed by atoms with Crippen LogP contribution in [0.3, 0.4) is 0 Å². The lowest BCUT2D eigenvalue weighted by Gasteiger charge is -2.24. The summed E-state index contributed by atoms with van der Waals surface area (Å²) in [4.78, 5) is 24.4. The first kappa shape index (κ1) is 18.9. The van der Waals surface area contributed by atoms with Crippen molar-refractivity contribution in [3.8, 4) is 11.5 Å². The van der Waals surface area contributed by atoms with Crippen LogP contribution in [0.2, 0.25) is 0 Å². The van der Waals surface area contributed by atoms with Gasteiger partial charge in [0.2, 0.25) is 5.76 Å². The number of aliphatic hydroxyl groups excluding tert-OH is 1. The molecule has 1 atom stereocenters. The summed E-state index contributed by atoms with van der Waals surface area (Å²) in [5.74, 6) is -0.513. The highest BCUT2D eigenvalue weighted by molar-refractivity contribution is 8.03. The van der Waals surface area contributed by atoms with Gasteiger partial charge in [-0.25, -0.2) is 4.79 Å². The van der Waals surface area contributed by atoms with E-state index < -0.39 is 11.7 Å². The first-order chi connectivity index (χ1) is 12.0. The molecule has 0 aliphatic carbocycles. The zero-order valence-corrected chi connectivity index (χ0v) is 15.1. The third-order valence-electron chi connectivity index (χ3n) is 3.33. The summed E-state index contributed by atoms with van der Waals surface area (Å²) in [6.07, 6.45) is 4.19. The number of esters is 1. The van der Waals surface area contributed by atoms with E-state index in [9.17, 15) is 14.7 Å². The van der Waals surface area contributed by atoms with Gasteiger partial charge in [0, 0.05) is 5.56 Å². The minimum atomic E-state index is -0.833. The summed E-state index contributed by atoms with van der Waals surface area (Å²) in [6.45, 7) is 4.15. The number of carbonyl (C=O) groups is 2. The van der Waals surface area contributed by atoms with E-state index in [-0.39, 0.29) is 18.5 Å². The molecule has 1 aliphatic rings. The van der Waals surface area contributed by atoms with Crippen LogP contribution in [0.25, 0.3) is 0 Å². The van der Waals surface area contributed by atoms with Crippen LogP contribution >= 0.6 is 11.8 Å². The Morgan fingerprint density at radius 2 is 2.12 bits per heavy atom. The summed E-state index contributed by atoms with van der Waals surface area (Å²) in [7, 11) is 0. The van der Waals surface area contributed by atoms with Crippen molar-refractivity contribution in [2.75, 3.05) is 19.5 Å². The van der Waals surface area contributed by atoms with E-state index in [1.807, 2.05) is 6.92 Å². The Kier molecular flexibility index (Phi) is 6.52. The van der Waals surface area contributed by atoms with Crippen molar-refractivity contribution < 1.29 is 28.9 Å². The Morgan fingerprint density at radius 3 is 2.80 bits per heavy atom. The van der Waals surface area contributed by atoms with Crippen LogP contribution in [0.5, 0.6) is 11.5 Å². The Bertz CT molecular complexity index is 722. The largest absolute Gasteiger partial charge is 0.502 e. The van der Waals surface area contributed by atoms with Gasteiger partial charge in [0.05, 0.1) is 11.5 Å². The monoisotopic (exact) mass is 364 g/mol. The molecule has 7 heteroatoms. The molecule has 1 aliphatic heterocycles. The maximum absolute atomic E-state index is 12.6. The van der Waals surface area contributed by atoms with Crippen molar-refractivity contribution in [1.82, 2.24) is 0 Å². The Labute approximate surface area is 150 Å². The molecule has 1 aromatic rings. The van der Waals surface area contributed by atoms with Crippen LogP contribution in [0.4, 0.5) is 0 Å². The highest BCUT2D eigenvalue weighted by Crippen LogP contribution is 2.33. The van der Waals surface area contributed by atoms with E-state index in [1.54, 1.807) is 31.4 Å². The number of hydrogen-bond donors (Lipinski definition) is 1. The minimum Gasteiger partial charge on any atom is -0.502 e. The van der Waals surface area contributed by atoms with E-state index >= 15 is 0 Å². The molecule has 0 fully saturated rings. The third-order valence-corrected chi connectivity index (χ3v) is 4.09. The fraction of sp³-hybridized carbons (Fsp3) is 0.333. The first-order valence-electron chi connectivity index (χ1n) is 7.76. The molecule has 0 amide bonds. The Hall–Kier alpha value is -2.41. The SMILES string of the molecule is CCOC(=O)C(O)=CC=C(SC)C(=O)c1ccc2c(c1)OC(C)CO2. The van der Waals surface area contributed by atoms with Crippen LogP contribution in [0.15, 0.2) is 41.0 Å². The normalized spacial score (nSPS) is 17.2. The first-order valence-corrected chi connectivity index (χ1v) is 8.99. The van der Waals surface area contributed by atoms with E-state index in [4.69, 9.17) is 9.47 Å². The molecule has 1 N–H and O–H groups in total. The number of Topliss-reactive ketones (excluding diaryl/α,β-unsaturated/α-hetero) is 1. The molecule has 0 spiro atoms. The number of thioether (sulfide) groups is 1. The molecule has 1 unspecified atom stereocenters. The summed E-state index contributed by atoms with van der Waals surface area (Å²) in [5, 5.41) is 9.62. The van der Waals surface area contributed by atoms with Gasteiger partial charge in [-0.2, -0.15) is 0 Å². The minimum absolute atomic E-state index is 0.0853. The van der Waals surface area contributed by atoms with Crippen molar-refractivity contribution in [3.05, 3.63) is 46.6 Å². The number of benzene rings is 1. The molecule has 0 bridgehead atoms. The third kappa shape index (κ3) is 4.79. The highest BCUT2D eigenvalue weighted by atomic mass is 32.2. The summed E-state index contributed by atoms with van der Waals surface area (Å²) in [6, 6.07) is 4.98. The lowest BCUT2D eigenvalue weighted by Crippen LogP contribution is -2.25. The highest BCUT2D eigenvalue weighted by Gasteiger charge is 2.20. The standard InChI is InChI=1S/C18H20O6S/c1-4-22-18(21)13(19)6-8-16(25-3)17(20)12-5-7-14-15(9-12)24-11(2)10-23-14/h5-9,11,19H,4,10H2,1-3H3. The van der Waals surface area contributed by atoms with Crippen molar-refractivity contribution in [2.45, 2.75) is 20.0 Å². The fourth-order valence-electron chi connectivity index (χ4n) is 2.12. The number of carbonyl (C=O) groups excluding carboxylic acids is 2. The van der Waals surface area contributed by atoms with Crippen molar-refractivity contribution in [2.24, 2.45) is 0 Å². The van der Waals surface area contributed by atoms with Gasteiger partial charge in [-0.15, -0.1) is 11.8 Å². The number of fused-ring (bicyclic) bond motifs is 1. The number of ether oxygens (including phenoxy) is 3. The lowest BCUT2D eigenvalue weighted by molar-refractivity contribution is -0.141. The van der Waals surface area contributed by atoms with Gasteiger partial charge >= 0.3 is 5.97 Å². The molecule has 0 radical (unpaired) electrons. The Morgan fingerprint density at radius 1 is 1.36 bits per heavy atom. The van der Waals surface area contributed by atoms with Crippen molar-refractivity contribution >= 4 is 23.5 Å². The maximum atomic E-state index is 12.6. The van der Waals surface area contributed by atoms with Crippen LogP contribution < -0.4 is 9.47 Å². The van der Waals surface area contributed by atoms with Gasteiger partial charge in [0.25, 0.3) is 0 Å². The van der Waals surface area contributed by atoms with Gasteiger partial charge in [0.1, 0.15) is 12.7 Å². The van der Waals surface area contributed by atoms with E-state index in [0.717, 1.165) is 6.08 Å². The molecule has 0 saturated carbocycles. The molecule has 134 valence electrons. The summed E-state index contributed by atoms with van der Waals surface area (Å²) < 4.78 is 15.9. The van der Waals surface area contributed by atoms with Gasteiger partial charge in [-0.05, 0) is 50.5 Å². The van der Waals surface area contributed by atoms with Gasteiger partial charge in [-0.1, -0.05) is 0 Å². The second-order valence-electron chi connectivity index (χ2n) is 5.24. The molecule has 1 heterocycles. The van der Waals surface area contributed by atoms with E-state index in [2.05, 4.69) is 4.74 Å². The number of ketones is 1. The van der Waals surface area contributed by atoms with Crippen LogP contribution in [-0.2, 0) is 9.53 Å². The lowest BCUT2D eigenvalue weighted by atomic mass is 10.1. The molecular formula is C18H20O6S. The van der Waals surface area contributed by atoms with Crippen molar-refractivity contribution in [1.29, 1.82) is 0 Å². The maximum Gasteiger partial charge on any atom is 0.373 e. The average molecular weight is 364 g/mol. The second kappa shape index (κ2) is 8.62. The molecule has 6 nitrogen and oxygen atoms in total. The van der Waals surface area contributed by atoms with Crippen molar-refractivity contribution in [3.63, 3.8) is 0 Å². The van der Waals surface area contributed by atoms with Crippen LogP contribution in [0, 0.1) is 0 Å². The van der Waals surface area contributed by atoms with Crippen LogP contribution in [0.1, 0.15) is 24.2 Å². The van der Waals surface area contributed by atoms with Gasteiger partial charge in [-0.3, -0.25) is 4.79 Å². The van der Waals surface area contributed by atoms with E-state index in [0.29, 0.717) is 28.6 Å². The second-order valence-corrected chi connectivity index (χ2v) is 6.09. The van der Waals surface area contributed by atoms with Gasteiger partial charge in [0.15, 0.2) is 17.3 Å². The summed E-state index contributed by atoms with van der Waals surface area (Å²) >= 11 is 1.21. The molecule has 0 aromatic heterocycles.